The lowest BCUT2D eigenvalue weighted by molar-refractivity contribution is 0.0930. The van der Waals surface area contributed by atoms with E-state index in [0.29, 0.717) is 22.2 Å². The minimum absolute atomic E-state index is 0.247. The van der Waals surface area contributed by atoms with Gasteiger partial charge in [-0.05, 0) is 31.4 Å². The monoisotopic (exact) mass is 272 g/mol. The fraction of sp³-hybridized carbons (Fsp3) is 0.417. The lowest BCUT2D eigenvalue weighted by Crippen LogP contribution is -2.54. The Morgan fingerprint density at radius 3 is 2.41 bits per heavy atom. The third-order valence-electron chi connectivity index (χ3n) is 3.14. The summed E-state index contributed by atoms with van der Waals surface area (Å²) in [4.78, 5) is 11.9. The van der Waals surface area contributed by atoms with E-state index in [9.17, 15) is 4.79 Å². The van der Waals surface area contributed by atoms with Gasteiger partial charge in [0.2, 0.25) is 0 Å². The molecule has 0 atom stereocenters. The first-order valence-corrected chi connectivity index (χ1v) is 6.28. The molecule has 1 aromatic carbocycles. The zero-order chi connectivity index (χ0) is 12.5. The third-order valence-corrected chi connectivity index (χ3v) is 3.77. The number of nitrogens with one attached hydrogen (secondary N) is 1. The maximum absolute atomic E-state index is 11.9. The van der Waals surface area contributed by atoms with E-state index in [4.69, 9.17) is 28.9 Å². The van der Waals surface area contributed by atoms with Crippen molar-refractivity contribution in [2.45, 2.75) is 24.8 Å². The highest BCUT2D eigenvalue weighted by atomic mass is 35.5. The first-order valence-electron chi connectivity index (χ1n) is 5.53. The van der Waals surface area contributed by atoms with E-state index in [-0.39, 0.29) is 11.4 Å². The van der Waals surface area contributed by atoms with Crippen LogP contribution in [0.3, 0.4) is 0 Å². The Kier molecular flexibility index (Phi) is 3.61. The van der Waals surface area contributed by atoms with Crippen LogP contribution in [0.25, 0.3) is 0 Å². The van der Waals surface area contributed by atoms with Crippen molar-refractivity contribution in [2.75, 3.05) is 6.54 Å². The molecule has 1 amide bonds. The van der Waals surface area contributed by atoms with Gasteiger partial charge in [-0.25, -0.2) is 0 Å². The van der Waals surface area contributed by atoms with E-state index >= 15 is 0 Å². The number of carbonyl (C=O) groups is 1. The molecule has 0 radical (unpaired) electrons. The topological polar surface area (TPSA) is 55.1 Å². The van der Waals surface area contributed by atoms with Gasteiger partial charge in [0.15, 0.2) is 0 Å². The molecule has 5 heteroatoms. The summed E-state index contributed by atoms with van der Waals surface area (Å²) in [6.07, 6.45) is 3.02. The summed E-state index contributed by atoms with van der Waals surface area (Å²) in [5.74, 6) is -0.266. The van der Waals surface area contributed by atoms with Crippen LogP contribution in [0.1, 0.15) is 29.6 Å². The summed E-state index contributed by atoms with van der Waals surface area (Å²) in [6.45, 7) is 0.466. The van der Waals surface area contributed by atoms with Gasteiger partial charge in [-0.3, -0.25) is 4.79 Å². The number of benzene rings is 1. The molecule has 92 valence electrons. The summed E-state index contributed by atoms with van der Waals surface area (Å²) < 4.78 is 0. The fourth-order valence-corrected chi connectivity index (χ4v) is 2.44. The van der Waals surface area contributed by atoms with Crippen molar-refractivity contribution >= 4 is 29.1 Å². The number of hydrogen-bond acceptors (Lipinski definition) is 2. The highest BCUT2D eigenvalue weighted by molar-refractivity contribution is 6.39. The first-order chi connectivity index (χ1) is 8.02. The molecule has 1 fully saturated rings. The number of amides is 1. The average Bonchev–Trinajstić information content (AvgIpc) is 2.23. The zero-order valence-electron chi connectivity index (χ0n) is 9.30. The molecule has 3 nitrogen and oxygen atoms in total. The molecule has 0 aliphatic heterocycles. The van der Waals surface area contributed by atoms with Crippen LogP contribution in [-0.4, -0.2) is 18.0 Å². The Labute approximate surface area is 110 Å². The van der Waals surface area contributed by atoms with Gasteiger partial charge >= 0.3 is 0 Å². The molecule has 1 aliphatic carbocycles. The highest BCUT2D eigenvalue weighted by Crippen LogP contribution is 2.29. The van der Waals surface area contributed by atoms with Gasteiger partial charge in [0, 0.05) is 12.1 Å². The van der Waals surface area contributed by atoms with E-state index < -0.39 is 0 Å². The quantitative estimate of drug-likeness (QED) is 0.889. The molecule has 0 unspecified atom stereocenters. The summed E-state index contributed by atoms with van der Waals surface area (Å²) in [5.41, 5.74) is 6.10. The van der Waals surface area contributed by atoms with Crippen LogP contribution in [-0.2, 0) is 0 Å². The Morgan fingerprint density at radius 1 is 1.35 bits per heavy atom. The molecule has 17 heavy (non-hydrogen) atoms. The maximum atomic E-state index is 11.9. The SMILES string of the molecule is NC1(CNC(=O)c2c(Cl)cccc2Cl)CCC1. The molecule has 2 rings (SSSR count). The molecule has 1 aliphatic rings. The molecule has 0 bridgehead atoms. The average molecular weight is 273 g/mol. The molecule has 0 aromatic heterocycles. The van der Waals surface area contributed by atoms with Crippen molar-refractivity contribution in [1.82, 2.24) is 5.32 Å². The molecular formula is C12H14Cl2N2O. The normalized spacial score (nSPS) is 17.4. The predicted molar refractivity (Wildman–Crippen MR) is 69.6 cm³/mol. The number of halogens is 2. The number of rotatable bonds is 3. The minimum Gasteiger partial charge on any atom is -0.350 e. The van der Waals surface area contributed by atoms with Gasteiger partial charge in [0.1, 0.15) is 0 Å². The maximum Gasteiger partial charge on any atom is 0.254 e. The van der Waals surface area contributed by atoms with E-state index in [0.717, 1.165) is 19.3 Å². The van der Waals surface area contributed by atoms with Gasteiger partial charge in [0.25, 0.3) is 5.91 Å². The van der Waals surface area contributed by atoms with E-state index in [1.54, 1.807) is 18.2 Å². The first kappa shape index (κ1) is 12.7. The van der Waals surface area contributed by atoms with Crippen molar-refractivity contribution < 1.29 is 4.79 Å². The van der Waals surface area contributed by atoms with Crippen LogP contribution in [0.2, 0.25) is 10.0 Å². The third kappa shape index (κ3) is 2.73. The van der Waals surface area contributed by atoms with E-state index in [2.05, 4.69) is 5.32 Å². The molecular weight excluding hydrogens is 259 g/mol. The van der Waals surface area contributed by atoms with Gasteiger partial charge in [-0.15, -0.1) is 0 Å². The molecule has 0 heterocycles. The van der Waals surface area contributed by atoms with Crippen LogP contribution in [0.15, 0.2) is 18.2 Å². The summed E-state index contributed by atoms with van der Waals surface area (Å²) in [5, 5.41) is 3.50. The van der Waals surface area contributed by atoms with E-state index in [1.807, 2.05) is 0 Å². The van der Waals surface area contributed by atoms with Crippen LogP contribution >= 0.6 is 23.2 Å². The van der Waals surface area contributed by atoms with Gasteiger partial charge in [0.05, 0.1) is 15.6 Å². The molecule has 3 N–H and O–H groups in total. The Balaban J connectivity index is 2.04. The van der Waals surface area contributed by atoms with Crippen LogP contribution in [0.4, 0.5) is 0 Å². The number of hydrogen-bond donors (Lipinski definition) is 2. The lowest BCUT2D eigenvalue weighted by atomic mass is 9.78. The lowest BCUT2D eigenvalue weighted by Gasteiger charge is -2.38. The molecule has 0 spiro atoms. The summed E-state index contributed by atoms with van der Waals surface area (Å²) >= 11 is 11.9. The molecule has 0 saturated heterocycles. The van der Waals surface area contributed by atoms with Gasteiger partial charge < -0.3 is 11.1 Å². The zero-order valence-corrected chi connectivity index (χ0v) is 10.8. The fourth-order valence-electron chi connectivity index (χ4n) is 1.87. The second kappa shape index (κ2) is 4.84. The van der Waals surface area contributed by atoms with Crippen LogP contribution in [0.5, 0.6) is 0 Å². The van der Waals surface area contributed by atoms with Crippen molar-refractivity contribution in [3.63, 3.8) is 0 Å². The number of carbonyl (C=O) groups excluding carboxylic acids is 1. The summed E-state index contributed by atoms with van der Waals surface area (Å²) in [6, 6.07) is 4.99. The molecule has 1 aromatic rings. The Hall–Kier alpha value is -0.770. The smallest absolute Gasteiger partial charge is 0.254 e. The Bertz CT molecular complexity index is 424. The van der Waals surface area contributed by atoms with Crippen molar-refractivity contribution in [2.24, 2.45) is 5.73 Å². The minimum atomic E-state index is -0.266. The largest absolute Gasteiger partial charge is 0.350 e. The predicted octanol–water partition coefficient (Wildman–Crippen LogP) is 2.60. The van der Waals surface area contributed by atoms with Gasteiger partial charge in [-0.1, -0.05) is 29.3 Å². The molecule has 1 saturated carbocycles. The Morgan fingerprint density at radius 2 is 1.94 bits per heavy atom. The van der Waals surface area contributed by atoms with Crippen molar-refractivity contribution in [3.8, 4) is 0 Å². The van der Waals surface area contributed by atoms with Crippen LogP contribution < -0.4 is 11.1 Å². The van der Waals surface area contributed by atoms with Crippen molar-refractivity contribution in [3.05, 3.63) is 33.8 Å². The van der Waals surface area contributed by atoms with E-state index in [1.165, 1.54) is 0 Å². The van der Waals surface area contributed by atoms with Crippen molar-refractivity contribution in [1.29, 1.82) is 0 Å². The highest BCUT2D eigenvalue weighted by Gasteiger charge is 2.33. The summed E-state index contributed by atoms with van der Waals surface area (Å²) in [7, 11) is 0. The van der Waals surface area contributed by atoms with Crippen LogP contribution in [0, 0.1) is 0 Å². The standard InChI is InChI=1S/C12H14Cl2N2O/c13-8-3-1-4-9(14)10(8)11(17)16-7-12(15)5-2-6-12/h1,3-4H,2,5-7,15H2,(H,16,17). The number of nitrogens with two attached hydrogens (primary N) is 1. The second-order valence-electron chi connectivity index (χ2n) is 4.50. The second-order valence-corrected chi connectivity index (χ2v) is 5.31. The van der Waals surface area contributed by atoms with Gasteiger partial charge in [-0.2, -0.15) is 0 Å².